The molecule has 2 amide bonds. The Morgan fingerprint density at radius 2 is 1.63 bits per heavy atom. The lowest BCUT2D eigenvalue weighted by atomic mass is 10.00. The molecule has 1 unspecified atom stereocenters. The van der Waals surface area contributed by atoms with E-state index in [1.54, 1.807) is 30.3 Å². The van der Waals surface area contributed by atoms with Gasteiger partial charge >= 0.3 is 6.18 Å². The maximum atomic E-state index is 14.0. The van der Waals surface area contributed by atoms with Crippen molar-refractivity contribution in [3.8, 4) is 5.82 Å². The molecule has 7 nitrogen and oxygen atoms in total. The summed E-state index contributed by atoms with van der Waals surface area (Å²) in [6, 6.07) is 20.6. The third-order valence-corrected chi connectivity index (χ3v) is 9.82. The van der Waals surface area contributed by atoms with Crippen molar-refractivity contribution in [3.63, 3.8) is 0 Å². The molecule has 0 radical (unpaired) electrons. The highest BCUT2D eigenvalue weighted by Gasteiger charge is 2.37. The van der Waals surface area contributed by atoms with Gasteiger partial charge in [0.2, 0.25) is 0 Å². The highest BCUT2D eigenvalue weighted by molar-refractivity contribution is 6.76. The van der Waals surface area contributed by atoms with E-state index in [0.717, 1.165) is 11.6 Å². The molecule has 5 aromatic rings. The molecule has 0 bridgehead atoms. The molecule has 3 aromatic carbocycles. The summed E-state index contributed by atoms with van der Waals surface area (Å²) in [7, 11) is -1.44. The number of carbonyl (C=O) groups excluding carboxylic acids is 2. The first-order chi connectivity index (χ1) is 21.6. The van der Waals surface area contributed by atoms with E-state index < -0.39 is 37.5 Å². The van der Waals surface area contributed by atoms with Crippen molar-refractivity contribution in [1.29, 1.82) is 0 Å². The number of nitrogens with zero attached hydrogens (tertiary/aromatic N) is 3. The van der Waals surface area contributed by atoms with Crippen LogP contribution < -0.4 is 10.6 Å². The molecule has 2 aromatic heterocycles. The molecule has 0 aliphatic heterocycles. The number of anilines is 2. The topological polar surface area (TPSA) is 88.9 Å². The van der Waals surface area contributed by atoms with Crippen LogP contribution in [0.5, 0.6) is 0 Å². The minimum Gasteiger partial charge on any atom is -0.322 e. The fraction of sp³-hybridized carbons (Fsp3) is 0.212. The number of aromatic nitrogens is 3. The molecule has 2 N–H and O–H groups in total. The summed E-state index contributed by atoms with van der Waals surface area (Å²) >= 11 is 13.0. The van der Waals surface area contributed by atoms with E-state index in [4.69, 9.17) is 23.2 Å². The predicted octanol–water partition coefficient (Wildman–Crippen LogP) is 9.69. The van der Waals surface area contributed by atoms with E-state index >= 15 is 0 Å². The molecule has 2 heterocycles. The zero-order chi connectivity index (χ0) is 33.4. The minimum absolute atomic E-state index is 0.0164. The Kier molecular flexibility index (Phi) is 9.30. The van der Waals surface area contributed by atoms with Crippen molar-refractivity contribution in [3.05, 3.63) is 112 Å². The van der Waals surface area contributed by atoms with Crippen LogP contribution in [0.4, 0.5) is 24.5 Å². The predicted molar refractivity (Wildman–Crippen MR) is 179 cm³/mol. The Morgan fingerprint density at radius 3 is 2.33 bits per heavy atom. The molecular formula is C33H30Cl2F3N5O2Si. The smallest absolute Gasteiger partial charge is 0.322 e. The first-order valence-electron chi connectivity index (χ1n) is 14.3. The van der Waals surface area contributed by atoms with Crippen LogP contribution >= 0.6 is 23.2 Å². The van der Waals surface area contributed by atoms with E-state index in [9.17, 15) is 22.8 Å². The van der Waals surface area contributed by atoms with Gasteiger partial charge in [0, 0.05) is 31.4 Å². The fourth-order valence-corrected chi connectivity index (χ4v) is 8.00. The number of hydrogen-bond donors (Lipinski definition) is 2. The maximum Gasteiger partial charge on any atom is 0.435 e. The van der Waals surface area contributed by atoms with Gasteiger partial charge in [-0.3, -0.25) is 9.59 Å². The second kappa shape index (κ2) is 12.9. The average molecular weight is 685 g/mol. The molecule has 0 spiro atoms. The van der Waals surface area contributed by atoms with Crippen molar-refractivity contribution < 1.29 is 22.8 Å². The van der Waals surface area contributed by atoms with Crippen LogP contribution in [0.15, 0.2) is 79.0 Å². The van der Waals surface area contributed by atoms with Crippen molar-refractivity contribution in [2.24, 2.45) is 0 Å². The number of benzene rings is 3. The van der Waals surface area contributed by atoms with Gasteiger partial charge in [0.05, 0.1) is 21.3 Å². The van der Waals surface area contributed by atoms with Crippen LogP contribution in [0, 0.1) is 0 Å². The molecule has 1 atom stereocenters. The summed E-state index contributed by atoms with van der Waals surface area (Å²) in [6.45, 7) is 8.96. The van der Waals surface area contributed by atoms with Crippen LogP contribution in [0.2, 0.25) is 35.7 Å². The average Bonchev–Trinajstić information content (AvgIpc) is 3.44. The lowest BCUT2D eigenvalue weighted by molar-refractivity contribution is -0.141. The molecule has 46 heavy (non-hydrogen) atoms. The largest absolute Gasteiger partial charge is 0.435 e. The monoisotopic (exact) mass is 683 g/mol. The standard InChI is InChI=1S/C33H30Cl2F3N5O2Si/c1-19(18-46(2,3)4)21-11-7-8-14-25(21)40-31(44)23-16-20-10-5-6-12-22(20)28(35)29(23)41-32(45)26-17-27(33(36,37)38)42-43(26)30-24(34)13-9-15-39-30/h5-17,19H,18H2,1-4H3,(H,40,44)(H,41,45). The number of fused-ring (bicyclic) bond motifs is 1. The minimum atomic E-state index is -4.87. The van der Waals surface area contributed by atoms with Crippen LogP contribution in [0.25, 0.3) is 16.6 Å². The van der Waals surface area contributed by atoms with E-state index in [1.165, 1.54) is 18.3 Å². The zero-order valence-corrected chi connectivity index (χ0v) is 27.8. The van der Waals surface area contributed by atoms with Gasteiger partial charge in [-0.15, -0.1) is 0 Å². The number of halogens is 5. The summed E-state index contributed by atoms with van der Waals surface area (Å²) in [6.07, 6.45) is -3.56. The zero-order valence-electron chi connectivity index (χ0n) is 25.3. The third-order valence-electron chi connectivity index (χ3n) is 7.30. The number of pyridine rings is 1. The van der Waals surface area contributed by atoms with Gasteiger partial charge in [-0.1, -0.05) is 98.3 Å². The number of alkyl halides is 3. The van der Waals surface area contributed by atoms with E-state index in [2.05, 4.69) is 47.3 Å². The van der Waals surface area contributed by atoms with E-state index in [-0.39, 0.29) is 33.0 Å². The summed E-state index contributed by atoms with van der Waals surface area (Å²) in [4.78, 5) is 31.8. The molecule has 0 saturated carbocycles. The molecule has 0 fully saturated rings. The molecule has 0 aliphatic rings. The van der Waals surface area contributed by atoms with Gasteiger partial charge < -0.3 is 10.6 Å². The maximum absolute atomic E-state index is 14.0. The van der Waals surface area contributed by atoms with Crippen molar-refractivity contribution >= 4 is 65.2 Å². The Labute approximate surface area is 274 Å². The van der Waals surface area contributed by atoms with E-state index in [0.29, 0.717) is 27.2 Å². The van der Waals surface area contributed by atoms with Crippen molar-refractivity contribution in [1.82, 2.24) is 14.8 Å². The van der Waals surface area contributed by atoms with Crippen LogP contribution in [0.3, 0.4) is 0 Å². The summed E-state index contributed by atoms with van der Waals surface area (Å²) in [5, 5.41) is 10.3. The second-order valence-corrected chi connectivity index (χ2v) is 18.4. The quantitative estimate of drug-likeness (QED) is 0.159. The van der Waals surface area contributed by atoms with Gasteiger partial charge in [0.1, 0.15) is 5.69 Å². The number of amides is 2. The van der Waals surface area contributed by atoms with Crippen molar-refractivity contribution in [2.75, 3.05) is 10.6 Å². The van der Waals surface area contributed by atoms with Gasteiger partial charge in [-0.2, -0.15) is 18.3 Å². The van der Waals surface area contributed by atoms with Gasteiger partial charge in [0.15, 0.2) is 11.5 Å². The Bertz CT molecular complexity index is 1960. The lowest BCUT2D eigenvalue weighted by Gasteiger charge is -2.24. The lowest BCUT2D eigenvalue weighted by Crippen LogP contribution is -2.23. The molecule has 0 aliphatic carbocycles. The Morgan fingerprint density at radius 1 is 0.935 bits per heavy atom. The summed E-state index contributed by atoms with van der Waals surface area (Å²) in [5.41, 5.74) is -0.337. The second-order valence-electron chi connectivity index (χ2n) is 12.1. The highest BCUT2D eigenvalue weighted by Crippen LogP contribution is 2.37. The molecular weight excluding hydrogens is 654 g/mol. The normalized spacial score (nSPS) is 12.6. The van der Waals surface area contributed by atoms with Crippen LogP contribution in [0.1, 0.15) is 44.9 Å². The summed E-state index contributed by atoms with van der Waals surface area (Å²) in [5.74, 6) is -1.59. The van der Waals surface area contributed by atoms with Crippen LogP contribution in [-0.4, -0.2) is 34.7 Å². The number of hydrogen-bond acceptors (Lipinski definition) is 4. The summed E-state index contributed by atoms with van der Waals surface area (Å²) < 4.78 is 42.0. The Hall–Kier alpha value is -4.19. The van der Waals surface area contributed by atoms with Gasteiger partial charge in [-0.25, -0.2) is 9.67 Å². The molecule has 238 valence electrons. The van der Waals surface area contributed by atoms with E-state index in [1.807, 2.05) is 24.3 Å². The van der Waals surface area contributed by atoms with Gasteiger partial charge in [0.25, 0.3) is 11.8 Å². The molecule has 5 rings (SSSR count). The number of para-hydroxylation sites is 1. The van der Waals surface area contributed by atoms with Gasteiger partial charge in [-0.05, 0) is 41.1 Å². The van der Waals surface area contributed by atoms with Crippen molar-refractivity contribution in [2.45, 2.75) is 44.7 Å². The Balaban J connectivity index is 1.58. The third kappa shape index (κ3) is 7.11. The SMILES string of the molecule is CC(C[Si](C)(C)C)c1ccccc1NC(=O)c1cc2ccccc2c(Cl)c1NC(=O)c1cc(C(F)(F)F)nn1-c1ncccc1Cl. The van der Waals surface area contributed by atoms with Crippen LogP contribution in [-0.2, 0) is 6.18 Å². The molecule has 0 saturated heterocycles. The molecule has 13 heteroatoms. The first kappa shape index (κ1) is 33.2. The number of rotatable bonds is 8. The number of nitrogens with one attached hydrogen (secondary N) is 2. The first-order valence-corrected chi connectivity index (χ1v) is 18.8. The number of carbonyl (C=O) groups is 2. The fourth-order valence-electron chi connectivity index (χ4n) is 5.42. The highest BCUT2D eigenvalue weighted by atomic mass is 35.5.